The van der Waals surface area contributed by atoms with Crippen molar-refractivity contribution in [3.63, 3.8) is 0 Å². The molecule has 0 aliphatic rings. The molecule has 3 rings (SSSR count). The SMILES string of the molecule is CCOc1ccc(OCCNC(=O)c2csc(-c3ccsc3)n2)cc1. The Kier molecular flexibility index (Phi) is 6.03. The van der Waals surface area contributed by atoms with E-state index in [2.05, 4.69) is 10.3 Å². The normalized spacial score (nSPS) is 10.4. The molecule has 3 aromatic rings. The van der Waals surface area contributed by atoms with Gasteiger partial charge in [0.15, 0.2) is 0 Å². The lowest BCUT2D eigenvalue weighted by molar-refractivity contribution is 0.0943. The molecule has 0 saturated carbocycles. The molecule has 2 heterocycles. The topological polar surface area (TPSA) is 60.5 Å². The molecule has 5 nitrogen and oxygen atoms in total. The second-order valence-electron chi connectivity index (χ2n) is 5.06. The number of carbonyl (C=O) groups is 1. The van der Waals surface area contributed by atoms with Crippen LogP contribution in [0.4, 0.5) is 0 Å². The third-order valence-electron chi connectivity index (χ3n) is 3.30. The van der Waals surface area contributed by atoms with Gasteiger partial charge in [0.05, 0.1) is 13.2 Å². The van der Waals surface area contributed by atoms with Crippen LogP contribution in [0.5, 0.6) is 11.5 Å². The number of nitrogens with zero attached hydrogens (tertiary/aromatic N) is 1. The van der Waals surface area contributed by atoms with Crippen LogP contribution in [0, 0.1) is 0 Å². The Hall–Kier alpha value is -2.38. The molecule has 2 aromatic heterocycles. The van der Waals surface area contributed by atoms with E-state index in [9.17, 15) is 4.79 Å². The monoisotopic (exact) mass is 374 g/mol. The Morgan fingerprint density at radius 3 is 2.56 bits per heavy atom. The molecule has 0 radical (unpaired) electrons. The van der Waals surface area contributed by atoms with Gasteiger partial charge in [-0.2, -0.15) is 11.3 Å². The minimum absolute atomic E-state index is 0.187. The number of hydrogen-bond donors (Lipinski definition) is 1. The number of nitrogens with one attached hydrogen (secondary N) is 1. The Morgan fingerprint density at radius 1 is 1.12 bits per heavy atom. The maximum Gasteiger partial charge on any atom is 0.270 e. The van der Waals surface area contributed by atoms with Gasteiger partial charge in [-0.05, 0) is 42.6 Å². The molecule has 0 unspecified atom stereocenters. The van der Waals surface area contributed by atoms with Crippen LogP contribution in [0.1, 0.15) is 17.4 Å². The highest BCUT2D eigenvalue weighted by Gasteiger charge is 2.11. The fraction of sp³-hybridized carbons (Fsp3) is 0.222. The molecule has 130 valence electrons. The molecule has 0 spiro atoms. The van der Waals surface area contributed by atoms with Crippen LogP contribution < -0.4 is 14.8 Å². The third kappa shape index (κ3) is 4.80. The number of rotatable bonds is 8. The third-order valence-corrected chi connectivity index (χ3v) is 4.87. The van der Waals surface area contributed by atoms with E-state index in [-0.39, 0.29) is 5.91 Å². The summed E-state index contributed by atoms with van der Waals surface area (Å²) in [7, 11) is 0. The van der Waals surface area contributed by atoms with E-state index in [1.807, 2.05) is 48.0 Å². The van der Waals surface area contributed by atoms with Crippen molar-refractivity contribution in [2.45, 2.75) is 6.92 Å². The number of carbonyl (C=O) groups excluding carboxylic acids is 1. The zero-order valence-electron chi connectivity index (χ0n) is 13.7. The lowest BCUT2D eigenvalue weighted by atomic mass is 10.3. The van der Waals surface area contributed by atoms with E-state index < -0.39 is 0 Å². The average Bonchev–Trinajstić information content (AvgIpc) is 3.31. The molecule has 1 amide bonds. The number of ether oxygens (including phenoxy) is 2. The number of aromatic nitrogens is 1. The molecule has 7 heteroatoms. The summed E-state index contributed by atoms with van der Waals surface area (Å²) in [5.41, 5.74) is 1.49. The molecule has 0 atom stereocenters. The summed E-state index contributed by atoms with van der Waals surface area (Å²) in [6.45, 7) is 3.38. The summed E-state index contributed by atoms with van der Waals surface area (Å²) in [6.07, 6.45) is 0. The molecule has 0 aliphatic heterocycles. The minimum atomic E-state index is -0.187. The summed E-state index contributed by atoms with van der Waals surface area (Å²) in [6, 6.07) is 9.41. The van der Waals surface area contributed by atoms with Crippen LogP contribution in [-0.4, -0.2) is 30.6 Å². The first-order chi connectivity index (χ1) is 12.3. The molecule has 1 aromatic carbocycles. The van der Waals surface area contributed by atoms with Gasteiger partial charge < -0.3 is 14.8 Å². The zero-order valence-corrected chi connectivity index (χ0v) is 15.4. The second-order valence-corrected chi connectivity index (χ2v) is 6.70. The fourth-order valence-electron chi connectivity index (χ4n) is 2.12. The Morgan fingerprint density at radius 2 is 1.88 bits per heavy atom. The molecular formula is C18H18N2O3S2. The zero-order chi connectivity index (χ0) is 17.5. The number of hydrogen-bond acceptors (Lipinski definition) is 6. The molecule has 1 N–H and O–H groups in total. The van der Waals surface area contributed by atoms with Gasteiger partial charge in [-0.1, -0.05) is 0 Å². The lowest BCUT2D eigenvalue weighted by Gasteiger charge is -2.08. The van der Waals surface area contributed by atoms with Gasteiger partial charge in [-0.25, -0.2) is 4.98 Å². The average molecular weight is 374 g/mol. The van der Waals surface area contributed by atoms with E-state index in [0.29, 0.717) is 25.5 Å². The van der Waals surface area contributed by atoms with Crippen molar-refractivity contribution < 1.29 is 14.3 Å². The van der Waals surface area contributed by atoms with Crippen molar-refractivity contribution in [2.75, 3.05) is 19.8 Å². The van der Waals surface area contributed by atoms with E-state index in [4.69, 9.17) is 9.47 Å². The Labute approximate surface area is 154 Å². The van der Waals surface area contributed by atoms with Crippen LogP contribution in [-0.2, 0) is 0 Å². The van der Waals surface area contributed by atoms with E-state index in [1.165, 1.54) is 11.3 Å². The first-order valence-electron chi connectivity index (χ1n) is 7.88. The summed E-state index contributed by atoms with van der Waals surface area (Å²) >= 11 is 3.08. The van der Waals surface area contributed by atoms with Crippen LogP contribution in [0.3, 0.4) is 0 Å². The molecule has 25 heavy (non-hydrogen) atoms. The van der Waals surface area contributed by atoms with Crippen LogP contribution in [0.2, 0.25) is 0 Å². The first-order valence-corrected chi connectivity index (χ1v) is 9.70. The van der Waals surface area contributed by atoms with Crippen LogP contribution >= 0.6 is 22.7 Å². The van der Waals surface area contributed by atoms with Crippen molar-refractivity contribution in [2.24, 2.45) is 0 Å². The Bertz CT molecular complexity index is 798. The van der Waals surface area contributed by atoms with Gasteiger partial charge in [0, 0.05) is 16.3 Å². The number of benzene rings is 1. The number of amides is 1. The molecule has 0 fully saturated rings. The van der Waals surface area contributed by atoms with E-state index in [1.54, 1.807) is 16.7 Å². The molecule has 0 bridgehead atoms. The minimum Gasteiger partial charge on any atom is -0.494 e. The van der Waals surface area contributed by atoms with Gasteiger partial charge in [-0.3, -0.25) is 4.79 Å². The van der Waals surface area contributed by atoms with Crippen molar-refractivity contribution in [3.8, 4) is 22.1 Å². The maximum absolute atomic E-state index is 12.1. The van der Waals surface area contributed by atoms with Crippen molar-refractivity contribution >= 4 is 28.6 Å². The molecule has 0 aliphatic carbocycles. The van der Waals surface area contributed by atoms with Crippen LogP contribution in [0.25, 0.3) is 10.6 Å². The lowest BCUT2D eigenvalue weighted by Crippen LogP contribution is -2.28. The number of thiophene rings is 1. The smallest absolute Gasteiger partial charge is 0.270 e. The fourth-order valence-corrected chi connectivity index (χ4v) is 3.63. The summed E-state index contributed by atoms with van der Waals surface area (Å²) < 4.78 is 11.0. The quantitative estimate of drug-likeness (QED) is 0.604. The van der Waals surface area contributed by atoms with Gasteiger partial charge in [0.25, 0.3) is 5.91 Å². The van der Waals surface area contributed by atoms with E-state index in [0.717, 1.165) is 22.1 Å². The summed E-state index contributed by atoms with van der Waals surface area (Å²) in [5, 5.41) is 9.46. The number of thiazole rings is 1. The largest absolute Gasteiger partial charge is 0.494 e. The van der Waals surface area contributed by atoms with Crippen molar-refractivity contribution in [1.29, 1.82) is 0 Å². The van der Waals surface area contributed by atoms with E-state index >= 15 is 0 Å². The van der Waals surface area contributed by atoms with Crippen molar-refractivity contribution in [3.05, 3.63) is 52.2 Å². The van der Waals surface area contributed by atoms with Gasteiger partial charge in [0.2, 0.25) is 0 Å². The predicted octanol–water partition coefficient (Wildman–Crippen LogP) is 4.08. The maximum atomic E-state index is 12.1. The molecular weight excluding hydrogens is 356 g/mol. The predicted molar refractivity (Wildman–Crippen MR) is 101 cm³/mol. The van der Waals surface area contributed by atoms with Gasteiger partial charge in [0.1, 0.15) is 28.8 Å². The highest BCUT2D eigenvalue weighted by molar-refractivity contribution is 7.14. The highest BCUT2D eigenvalue weighted by atomic mass is 32.1. The van der Waals surface area contributed by atoms with Gasteiger partial charge in [-0.15, -0.1) is 11.3 Å². The first kappa shape index (κ1) is 17.4. The van der Waals surface area contributed by atoms with Crippen molar-refractivity contribution in [1.82, 2.24) is 10.3 Å². The summed E-state index contributed by atoms with van der Waals surface area (Å²) in [4.78, 5) is 16.5. The highest BCUT2D eigenvalue weighted by Crippen LogP contribution is 2.25. The molecule has 0 saturated heterocycles. The standard InChI is InChI=1S/C18H18N2O3S2/c1-2-22-14-3-5-15(6-4-14)23-9-8-19-17(21)16-12-25-18(20-16)13-7-10-24-11-13/h3-7,10-12H,2,8-9H2,1H3,(H,19,21). The van der Waals surface area contributed by atoms with Gasteiger partial charge >= 0.3 is 0 Å². The Balaban J connectivity index is 1.43. The second kappa shape index (κ2) is 8.64. The van der Waals surface area contributed by atoms with Crippen LogP contribution in [0.15, 0.2) is 46.5 Å². The summed E-state index contributed by atoms with van der Waals surface area (Å²) in [5.74, 6) is 1.37.